The second-order valence-corrected chi connectivity index (χ2v) is 5.60. The molecule has 0 bridgehead atoms. The highest BCUT2D eigenvalue weighted by molar-refractivity contribution is 5.70. The third-order valence-corrected chi connectivity index (χ3v) is 4.18. The van der Waals surface area contributed by atoms with Crippen molar-refractivity contribution in [1.82, 2.24) is 19.1 Å². The van der Waals surface area contributed by atoms with Crippen LogP contribution in [0.3, 0.4) is 0 Å². The van der Waals surface area contributed by atoms with Gasteiger partial charge in [-0.15, -0.1) is 0 Å². The Morgan fingerprint density at radius 1 is 1.30 bits per heavy atom. The molecule has 1 saturated carbocycles. The largest absolute Gasteiger partial charge is 0.336 e. The van der Waals surface area contributed by atoms with E-state index in [1.807, 2.05) is 6.92 Å². The monoisotopic (exact) mass is 276 g/mol. The topological polar surface area (TPSA) is 72.7 Å². The Bertz CT molecular complexity index is 747. The van der Waals surface area contributed by atoms with E-state index in [4.69, 9.17) is 0 Å². The van der Waals surface area contributed by atoms with Crippen LogP contribution in [0, 0.1) is 0 Å². The standard InChI is InChI=1S/C14H20N4O2/c1-3-8-18-12-10(13(19)17(2)14(18)20)15-11(16-12)9-6-4-5-7-9/h9H,3-8H2,1-2H3,(H,15,16). The van der Waals surface area contributed by atoms with Gasteiger partial charge in [0.1, 0.15) is 11.3 Å². The highest BCUT2D eigenvalue weighted by Gasteiger charge is 2.23. The van der Waals surface area contributed by atoms with E-state index in [2.05, 4.69) is 9.97 Å². The molecule has 20 heavy (non-hydrogen) atoms. The molecule has 0 radical (unpaired) electrons. The van der Waals surface area contributed by atoms with Crippen LogP contribution in [0.4, 0.5) is 0 Å². The van der Waals surface area contributed by atoms with Crippen LogP contribution < -0.4 is 11.2 Å². The Hall–Kier alpha value is -1.85. The molecule has 0 atom stereocenters. The fourth-order valence-corrected chi connectivity index (χ4v) is 3.07. The maximum absolute atomic E-state index is 12.2. The van der Waals surface area contributed by atoms with Crippen LogP contribution in [0.2, 0.25) is 0 Å². The van der Waals surface area contributed by atoms with Gasteiger partial charge in [-0.2, -0.15) is 0 Å². The predicted molar refractivity (Wildman–Crippen MR) is 77.1 cm³/mol. The minimum Gasteiger partial charge on any atom is -0.336 e. The molecule has 1 aliphatic rings. The summed E-state index contributed by atoms with van der Waals surface area (Å²) in [5.74, 6) is 1.27. The van der Waals surface area contributed by atoms with E-state index in [1.165, 1.54) is 19.9 Å². The Morgan fingerprint density at radius 2 is 2.00 bits per heavy atom. The third kappa shape index (κ3) is 1.90. The summed E-state index contributed by atoms with van der Waals surface area (Å²) >= 11 is 0. The average molecular weight is 276 g/mol. The summed E-state index contributed by atoms with van der Waals surface area (Å²) < 4.78 is 2.76. The summed E-state index contributed by atoms with van der Waals surface area (Å²) in [4.78, 5) is 32.1. The second kappa shape index (κ2) is 4.92. The fourth-order valence-electron chi connectivity index (χ4n) is 3.07. The number of H-pyrrole nitrogens is 1. The number of hydrogen-bond donors (Lipinski definition) is 1. The van der Waals surface area contributed by atoms with Crippen LogP contribution in [0.25, 0.3) is 11.2 Å². The Balaban J connectivity index is 2.25. The first-order chi connectivity index (χ1) is 9.63. The van der Waals surface area contributed by atoms with E-state index < -0.39 is 0 Å². The highest BCUT2D eigenvalue weighted by atomic mass is 16.2. The lowest BCUT2D eigenvalue weighted by molar-refractivity contribution is 0.609. The fraction of sp³-hybridized carbons (Fsp3) is 0.643. The molecule has 108 valence electrons. The molecule has 6 nitrogen and oxygen atoms in total. The van der Waals surface area contributed by atoms with Gasteiger partial charge in [0.15, 0.2) is 5.65 Å². The van der Waals surface area contributed by atoms with Crippen molar-refractivity contribution >= 4 is 11.2 Å². The molecule has 0 spiro atoms. The van der Waals surface area contributed by atoms with Crippen molar-refractivity contribution in [1.29, 1.82) is 0 Å². The smallest absolute Gasteiger partial charge is 0.332 e. The first-order valence-electron chi connectivity index (χ1n) is 7.33. The molecule has 1 fully saturated rings. The molecule has 6 heteroatoms. The van der Waals surface area contributed by atoms with Crippen molar-refractivity contribution < 1.29 is 0 Å². The van der Waals surface area contributed by atoms with Crippen LogP contribution in [0.1, 0.15) is 50.8 Å². The summed E-state index contributed by atoms with van der Waals surface area (Å²) in [7, 11) is 1.52. The average Bonchev–Trinajstić information content (AvgIpc) is 3.09. The molecule has 0 amide bonds. The van der Waals surface area contributed by atoms with Crippen molar-refractivity contribution in [3.63, 3.8) is 0 Å². The minimum atomic E-state index is -0.283. The quantitative estimate of drug-likeness (QED) is 0.923. The zero-order valence-corrected chi connectivity index (χ0v) is 12.0. The zero-order chi connectivity index (χ0) is 14.3. The van der Waals surface area contributed by atoms with E-state index >= 15 is 0 Å². The number of rotatable bonds is 3. The molecule has 3 rings (SSSR count). The number of aromatic amines is 1. The van der Waals surface area contributed by atoms with Gasteiger partial charge in [0, 0.05) is 19.5 Å². The maximum Gasteiger partial charge on any atom is 0.332 e. The first-order valence-corrected chi connectivity index (χ1v) is 7.33. The number of hydrogen-bond acceptors (Lipinski definition) is 3. The number of aromatic nitrogens is 4. The van der Waals surface area contributed by atoms with E-state index in [0.29, 0.717) is 23.6 Å². The number of fused-ring (bicyclic) bond motifs is 1. The molecular formula is C14H20N4O2. The molecule has 1 aliphatic carbocycles. The lowest BCUT2D eigenvalue weighted by Gasteiger charge is -2.06. The first kappa shape index (κ1) is 13.1. The molecule has 0 aromatic carbocycles. The van der Waals surface area contributed by atoms with Gasteiger partial charge < -0.3 is 4.98 Å². The van der Waals surface area contributed by atoms with Gasteiger partial charge >= 0.3 is 5.69 Å². The number of nitrogens with zero attached hydrogens (tertiary/aromatic N) is 3. The van der Waals surface area contributed by atoms with Crippen LogP contribution in [0.5, 0.6) is 0 Å². The molecule has 2 heterocycles. The molecule has 2 aromatic heterocycles. The van der Waals surface area contributed by atoms with E-state index in [-0.39, 0.29) is 11.2 Å². The molecule has 2 aromatic rings. The Morgan fingerprint density at radius 3 is 2.65 bits per heavy atom. The molecular weight excluding hydrogens is 256 g/mol. The maximum atomic E-state index is 12.2. The van der Waals surface area contributed by atoms with Gasteiger partial charge in [-0.25, -0.2) is 9.78 Å². The molecule has 0 unspecified atom stereocenters. The van der Waals surface area contributed by atoms with Crippen LogP contribution in [-0.2, 0) is 13.6 Å². The summed E-state index contributed by atoms with van der Waals surface area (Å²) in [6.07, 6.45) is 5.47. The second-order valence-electron chi connectivity index (χ2n) is 5.60. The van der Waals surface area contributed by atoms with Gasteiger partial charge in [-0.05, 0) is 19.3 Å². The number of nitrogens with one attached hydrogen (secondary N) is 1. The lowest BCUT2D eigenvalue weighted by atomic mass is 10.1. The van der Waals surface area contributed by atoms with Crippen LogP contribution in [-0.4, -0.2) is 19.1 Å². The highest BCUT2D eigenvalue weighted by Crippen LogP contribution is 2.32. The van der Waals surface area contributed by atoms with Gasteiger partial charge in [0.2, 0.25) is 0 Å². The van der Waals surface area contributed by atoms with Crippen molar-refractivity contribution in [2.24, 2.45) is 7.05 Å². The lowest BCUT2D eigenvalue weighted by Crippen LogP contribution is -2.38. The SMILES string of the molecule is CCCn1c(=O)n(C)c(=O)c2[nH]c(C3CCCC3)nc21. The number of imidazole rings is 1. The minimum absolute atomic E-state index is 0.283. The normalized spacial score (nSPS) is 16.3. The summed E-state index contributed by atoms with van der Waals surface area (Å²) in [6.45, 7) is 2.59. The van der Waals surface area contributed by atoms with Crippen molar-refractivity contribution in [2.45, 2.75) is 51.5 Å². The predicted octanol–water partition coefficient (Wildman–Crippen LogP) is 1.49. The van der Waals surface area contributed by atoms with Crippen molar-refractivity contribution in [3.8, 4) is 0 Å². The van der Waals surface area contributed by atoms with E-state index in [0.717, 1.165) is 29.7 Å². The van der Waals surface area contributed by atoms with Crippen LogP contribution in [0.15, 0.2) is 9.59 Å². The van der Waals surface area contributed by atoms with Crippen molar-refractivity contribution in [2.75, 3.05) is 0 Å². The van der Waals surface area contributed by atoms with E-state index in [1.54, 1.807) is 4.57 Å². The van der Waals surface area contributed by atoms with Crippen molar-refractivity contribution in [3.05, 3.63) is 26.7 Å². The number of aryl methyl sites for hydroxylation is 1. The molecule has 0 saturated heterocycles. The van der Waals surface area contributed by atoms with Gasteiger partial charge in [0.25, 0.3) is 5.56 Å². The Kier molecular flexibility index (Phi) is 3.23. The van der Waals surface area contributed by atoms with E-state index in [9.17, 15) is 9.59 Å². The zero-order valence-electron chi connectivity index (χ0n) is 12.0. The molecule has 1 N–H and O–H groups in total. The summed E-state index contributed by atoms with van der Waals surface area (Å²) in [5.41, 5.74) is 0.409. The third-order valence-electron chi connectivity index (χ3n) is 4.18. The van der Waals surface area contributed by atoms with Gasteiger partial charge in [-0.1, -0.05) is 19.8 Å². The van der Waals surface area contributed by atoms with Gasteiger partial charge in [-0.3, -0.25) is 13.9 Å². The van der Waals surface area contributed by atoms with Crippen LogP contribution >= 0.6 is 0 Å². The van der Waals surface area contributed by atoms with Gasteiger partial charge in [0.05, 0.1) is 0 Å². The summed E-state index contributed by atoms with van der Waals surface area (Å²) in [5, 5.41) is 0. The Labute approximate surface area is 116 Å². The molecule has 0 aliphatic heterocycles. The summed E-state index contributed by atoms with van der Waals surface area (Å²) in [6, 6.07) is 0.